The second-order valence-electron chi connectivity index (χ2n) is 5.85. The molecule has 0 fully saturated rings. The molecule has 2 rings (SSSR count). The van der Waals surface area contributed by atoms with Gasteiger partial charge in [0.15, 0.2) is 0 Å². The van der Waals surface area contributed by atoms with Crippen molar-refractivity contribution in [3.05, 3.63) is 71.0 Å². The molecule has 0 saturated carbocycles. The van der Waals surface area contributed by atoms with Gasteiger partial charge in [0.2, 0.25) is 5.91 Å². The van der Waals surface area contributed by atoms with Gasteiger partial charge in [0, 0.05) is 12.6 Å². The zero-order valence-electron chi connectivity index (χ0n) is 13.8. The highest BCUT2D eigenvalue weighted by Crippen LogP contribution is 2.18. The smallest absolute Gasteiger partial charge is 0.234 e. The van der Waals surface area contributed by atoms with Crippen molar-refractivity contribution in [1.29, 1.82) is 0 Å². The van der Waals surface area contributed by atoms with E-state index in [2.05, 4.69) is 5.32 Å². The Labute approximate surface area is 137 Å². The van der Waals surface area contributed by atoms with E-state index in [1.165, 1.54) is 17.7 Å². The molecule has 1 unspecified atom stereocenters. The molecule has 0 aliphatic heterocycles. The molecule has 0 aliphatic carbocycles. The molecule has 122 valence electrons. The summed E-state index contributed by atoms with van der Waals surface area (Å²) in [6, 6.07) is 14.4. The van der Waals surface area contributed by atoms with Gasteiger partial charge in [0.1, 0.15) is 5.82 Å². The van der Waals surface area contributed by atoms with Crippen molar-refractivity contribution in [3.8, 4) is 0 Å². The van der Waals surface area contributed by atoms with Crippen LogP contribution in [0.4, 0.5) is 4.39 Å². The first-order chi connectivity index (χ1) is 11.0. The molecule has 4 heteroatoms. The molecule has 0 heterocycles. The zero-order valence-corrected chi connectivity index (χ0v) is 13.8. The molecule has 2 aromatic carbocycles. The predicted octanol–water partition coefficient (Wildman–Crippen LogP) is 3.44. The van der Waals surface area contributed by atoms with Crippen LogP contribution in [0, 0.1) is 12.7 Å². The summed E-state index contributed by atoms with van der Waals surface area (Å²) in [7, 11) is 1.89. The molecule has 1 N–H and O–H groups in total. The van der Waals surface area contributed by atoms with E-state index < -0.39 is 0 Å². The summed E-state index contributed by atoms with van der Waals surface area (Å²) >= 11 is 0. The largest absolute Gasteiger partial charge is 0.351 e. The third kappa shape index (κ3) is 4.89. The SMILES string of the molecule is Cc1ccccc1CNC(=O)CN(C)C(C)c1ccc(F)cc1. The van der Waals surface area contributed by atoms with E-state index in [1.54, 1.807) is 12.1 Å². The fourth-order valence-corrected chi connectivity index (χ4v) is 2.42. The van der Waals surface area contributed by atoms with E-state index in [1.807, 2.05) is 50.1 Å². The third-order valence-corrected chi connectivity index (χ3v) is 4.14. The first kappa shape index (κ1) is 17.2. The number of carbonyl (C=O) groups is 1. The Balaban J connectivity index is 1.87. The highest BCUT2D eigenvalue weighted by Gasteiger charge is 2.15. The lowest BCUT2D eigenvalue weighted by atomic mass is 10.1. The normalized spacial score (nSPS) is 12.2. The van der Waals surface area contributed by atoms with Crippen LogP contribution in [0.5, 0.6) is 0 Å². The number of carbonyl (C=O) groups excluding carboxylic acids is 1. The summed E-state index contributed by atoms with van der Waals surface area (Å²) in [6.07, 6.45) is 0. The Bertz CT molecular complexity index is 655. The molecular weight excluding hydrogens is 291 g/mol. The fraction of sp³-hybridized carbons (Fsp3) is 0.316. The highest BCUT2D eigenvalue weighted by atomic mass is 19.1. The molecule has 0 aromatic heterocycles. The number of aryl methyl sites for hydroxylation is 1. The molecule has 1 amide bonds. The van der Waals surface area contributed by atoms with Gasteiger partial charge in [-0.3, -0.25) is 9.69 Å². The van der Waals surface area contributed by atoms with E-state index in [9.17, 15) is 9.18 Å². The van der Waals surface area contributed by atoms with Gasteiger partial charge in [-0.25, -0.2) is 4.39 Å². The van der Waals surface area contributed by atoms with E-state index in [-0.39, 0.29) is 17.8 Å². The third-order valence-electron chi connectivity index (χ3n) is 4.14. The lowest BCUT2D eigenvalue weighted by Crippen LogP contribution is -2.36. The van der Waals surface area contributed by atoms with Crippen LogP contribution in [-0.2, 0) is 11.3 Å². The minimum Gasteiger partial charge on any atom is -0.351 e. The number of hydrogen-bond donors (Lipinski definition) is 1. The minimum atomic E-state index is -0.250. The van der Waals surface area contributed by atoms with Crippen molar-refractivity contribution in [3.63, 3.8) is 0 Å². The predicted molar refractivity (Wildman–Crippen MR) is 90.5 cm³/mol. The molecule has 23 heavy (non-hydrogen) atoms. The average Bonchev–Trinajstić information content (AvgIpc) is 2.54. The number of halogens is 1. The van der Waals surface area contributed by atoms with Gasteiger partial charge in [-0.1, -0.05) is 36.4 Å². The first-order valence-corrected chi connectivity index (χ1v) is 7.74. The summed E-state index contributed by atoms with van der Waals surface area (Å²) in [4.78, 5) is 14.1. The van der Waals surface area contributed by atoms with E-state index in [0.717, 1.165) is 11.1 Å². The van der Waals surface area contributed by atoms with Crippen molar-refractivity contribution < 1.29 is 9.18 Å². The number of rotatable bonds is 6. The summed E-state index contributed by atoms with van der Waals surface area (Å²) in [5.41, 5.74) is 3.27. The number of amides is 1. The molecule has 2 aromatic rings. The zero-order chi connectivity index (χ0) is 16.8. The second-order valence-corrected chi connectivity index (χ2v) is 5.85. The number of nitrogens with one attached hydrogen (secondary N) is 1. The van der Waals surface area contributed by atoms with Gasteiger partial charge < -0.3 is 5.32 Å². The summed E-state index contributed by atoms with van der Waals surface area (Å²) < 4.78 is 13.0. The van der Waals surface area contributed by atoms with Gasteiger partial charge in [0.25, 0.3) is 0 Å². The average molecular weight is 314 g/mol. The lowest BCUT2D eigenvalue weighted by molar-refractivity contribution is -0.122. The van der Waals surface area contributed by atoms with E-state index in [4.69, 9.17) is 0 Å². The number of hydrogen-bond acceptors (Lipinski definition) is 2. The number of nitrogens with zero attached hydrogens (tertiary/aromatic N) is 1. The van der Waals surface area contributed by atoms with Crippen molar-refractivity contribution in [2.24, 2.45) is 0 Å². The van der Waals surface area contributed by atoms with Gasteiger partial charge in [-0.15, -0.1) is 0 Å². The maximum atomic E-state index is 13.0. The van der Waals surface area contributed by atoms with Gasteiger partial charge >= 0.3 is 0 Å². The monoisotopic (exact) mass is 314 g/mol. The maximum absolute atomic E-state index is 13.0. The van der Waals surface area contributed by atoms with Crippen LogP contribution in [0.1, 0.15) is 29.7 Å². The van der Waals surface area contributed by atoms with Crippen molar-refractivity contribution in [2.45, 2.75) is 26.4 Å². The molecule has 3 nitrogen and oxygen atoms in total. The Morgan fingerprint density at radius 2 is 1.83 bits per heavy atom. The second kappa shape index (κ2) is 7.88. The molecule has 0 bridgehead atoms. The van der Waals surface area contributed by atoms with E-state index >= 15 is 0 Å². The van der Waals surface area contributed by atoms with Crippen LogP contribution in [0.15, 0.2) is 48.5 Å². The quantitative estimate of drug-likeness (QED) is 0.886. The molecular formula is C19H23FN2O. The van der Waals surface area contributed by atoms with E-state index in [0.29, 0.717) is 13.1 Å². The molecule has 1 atom stereocenters. The van der Waals surface area contributed by atoms with Crippen LogP contribution in [0.25, 0.3) is 0 Å². The first-order valence-electron chi connectivity index (χ1n) is 7.74. The highest BCUT2D eigenvalue weighted by molar-refractivity contribution is 5.78. The van der Waals surface area contributed by atoms with Crippen molar-refractivity contribution in [1.82, 2.24) is 10.2 Å². The lowest BCUT2D eigenvalue weighted by Gasteiger charge is -2.24. The summed E-state index contributed by atoms with van der Waals surface area (Å²) in [6.45, 7) is 4.86. The summed E-state index contributed by atoms with van der Waals surface area (Å²) in [5, 5.41) is 2.95. The van der Waals surface area contributed by atoms with Crippen molar-refractivity contribution >= 4 is 5.91 Å². The molecule has 0 aliphatic rings. The van der Waals surface area contributed by atoms with Gasteiger partial charge in [-0.2, -0.15) is 0 Å². The molecule has 0 spiro atoms. The number of benzene rings is 2. The van der Waals surface area contributed by atoms with Crippen LogP contribution in [0.2, 0.25) is 0 Å². The van der Waals surface area contributed by atoms with Crippen LogP contribution >= 0.6 is 0 Å². The standard InChI is InChI=1S/C19H23FN2O/c1-14-6-4-5-7-17(14)12-21-19(23)13-22(3)15(2)16-8-10-18(20)11-9-16/h4-11,15H,12-13H2,1-3H3,(H,21,23). The Hall–Kier alpha value is -2.20. The number of likely N-dealkylation sites (N-methyl/N-ethyl adjacent to an activating group) is 1. The molecule has 0 radical (unpaired) electrons. The van der Waals surface area contributed by atoms with Crippen LogP contribution < -0.4 is 5.32 Å². The Kier molecular flexibility index (Phi) is 5.88. The van der Waals surface area contributed by atoms with Crippen LogP contribution in [-0.4, -0.2) is 24.4 Å². The Morgan fingerprint density at radius 3 is 2.48 bits per heavy atom. The minimum absolute atomic E-state index is 0.0234. The maximum Gasteiger partial charge on any atom is 0.234 e. The topological polar surface area (TPSA) is 32.3 Å². The van der Waals surface area contributed by atoms with Gasteiger partial charge in [-0.05, 0) is 49.7 Å². The fourth-order valence-electron chi connectivity index (χ4n) is 2.42. The van der Waals surface area contributed by atoms with Gasteiger partial charge in [0.05, 0.1) is 6.54 Å². The summed E-state index contributed by atoms with van der Waals surface area (Å²) in [5.74, 6) is -0.274. The van der Waals surface area contributed by atoms with Crippen molar-refractivity contribution in [2.75, 3.05) is 13.6 Å². The Morgan fingerprint density at radius 1 is 1.17 bits per heavy atom. The molecule has 0 saturated heterocycles. The van der Waals surface area contributed by atoms with Crippen LogP contribution in [0.3, 0.4) is 0 Å².